The fourth-order valence-corrected chi connectivity index (χ4v) is 2.53. The van der Waals surface area contributed by atoms with Gasteiger partial charge in [0.1, 0.15) is 0 Å². The Bertz CT molecular complexity index is 763. The van der Waals surface area contributed by atoms with E-state index in [1.807, 2.05) is 17.5 Å². The van der Waals surface area contributed by atoms with Crippen molar-refractivity contribution in [3.8, 4) is 11.3 Å². The monoisotopic (exact) mass is 356 g/mol. The van der Waals surface area contributed by atoms with Gasteiger partial charge in [0.15, 0.2) is 5.13 Å². The summed E-state index contributed by atoms with van der Waals surface area (Å²) in [5, 5.41) is 5.78. The van der Waals surface area contributed by atoms with Gasteiger partial charge in [-0.15, -0.1) is 11.3 Å². The van der Waals surface area contributed by atoms with Gasteiger partial charge in [-0.1, -0.05) is 36.9 Å². The first-order valence-electron chi connectivity index (χ1n) is 6.37. The van der Waals surface area contributed by atoms with Gasteiger partial charge in [0.05, 0.1) is 5.69 Å². The van der Waals surface area contributed by atoms with E-state index in [0.29, 0.717) is 10.2 Å². The lowest BCUT2D eigenvalue weighted by molar-refractivity contribution is -0.0878. The summed E-state index contributed by atoms with van der Waals surface area (Å²) in [4.78, 5) is 4.35. The second-order valence-corrected chi connectivity index (χ2v) is 5.85. The van der Waals surface area contributed by atoms with Gasteiger partial charge in [0.2, 0.25) is 0 Å². The van der Waals surface area contributed by atoms with E-state index in [1.54, 1.807) is 12.1 Å². The van der Waals surface area contributed by atoms with Gasteiger partial charge in [-0.25, -0.2) is 4.98 Å². The highest BCUT2D eigenvalue weighted by molar-refractivity contribution is 7.14. The number of nitrogens with one attached hydrogen (secondary N) is 1. The lowest BCUT2D eigenvalue weighted by Gasteiger charge is -2.05. The highest BCUT2D eigenvalue weighted by Gasteiger charge is 2.29. The Morgan fingerprint density at radius 3 is 2.65 bits per heavy atom. The first-order valence-corrected chi connectivity index (χ1v) is 7.63. The van der Waals surface area contributed by atoms with Crippen molar-refractivity contribution in [1.82, 2.24) is 4.98 Å². The van der Waals surface area contributed by atoms with Crippen molar-refractivity contribution >= 4 is 28.1 Å². The van der Waals surface area contributed by atoms with E-state index in [1.165, 1.54) is 17.4 Å². The van der Waals surface area contributed by atoms with Crippen molar-refractivity contribution in [2.45, 2.75) is 6.18 Å². The van der Waals surface area contributed by atoms with Gasteiger partial charge in [-0.3, -0.25) is 0 Å². The van der Waals surface area contributed by atoms with Crippen molar-refractivity contribution in [3.63, 3.8) is 0 Å². The highest BCUT2D eigenvalue weighted by Crippen LogP contribution is 2.28. The molecule has 1 heterocycles. The zero-order chi connectivity index (χ0) is 17.0. The van der Waals surface area contributed by atoms with E-state index in [-0.39, 0.29) is 5.70 Å². The average molecular weight is 357 g/mol. The maximum atomic E-state index is 12.3. The van der Waals surface area contributed by atoms with Crippen LogP contribution in [0.25, 0.3) is 11.3 Å². The fourth-order valence-electron chi connectivity index (χ4n) is 1.59. The molecule has 0 amide bonds. The molecule has 0 radical (unpaired) electrons. The van der Waals surface area contributed by atoms with Crippen LogP contribution in [0.15, 0.2) is 66.2 Å². The molecule has 7 heteroatoms. The molecule has 2 nitrogen and oxygen atoms in total. The first-order chi connectivity index (χ1) is 10.8. The molecule has 0 aliphatic heterocycles. The van der Waals surface area contributed by atoms with Crippen LogP contribution in [-0.2, 0) is 0 Å². The number of aromatic nitrogens is 1. The highest BCUT2D eigenvalue weighted by atomic mass is 35.5. The number of alkyl halides is 3. The summed E-state index contributed by atoms with van der Waals surface area (Å²) in [6.07, 6.45) is -2.38. The third-order valence-corrected chi connectivity index (χ3v) is 3.73. The molecule has 0 fully saturated rings. The Morgan fingerprint density at radius 2 is 2.00 bits per heavy atom. The van der Waals surface area contributed by atoms with E-state index in [0.717, 1.165) is 17.3 Å². The van der Waals surface area contributed by atoms with Gasteiger partial charge < -0.3 is 5.32 Å². The molecule has 0 saturated carbocycles. The molecule has 2 aromatic rings. The van der Waals surface area contributed by atoms with Crippen LogP contribution in [0.5, 0.6) is 0 Å². The van der Waals surface area contributed by atoms with E-state index in [9.17, 15) is 13.2 Å². The smallest absolute Gasteiger partial charge is 0.332 e. The molecule has 1 aromatic heterocycles. The molecule has 0 aliphatic carbocycles. The van der Waals surface area contributed by atoms with E-state index in [2.05, 4.69) is 23.5 Å². The molecule has 120 valence electrons. The molecule has 0 spiro atoms. The summed E-state index contributed by atoms with van der Waals surface area (Å²) in [6, 6.07) is 7.22. The minimum Gasteiger partial charge on any atom is -0.332 e. The minimum absolute atomic E-state index is 0.280. The van der Waals surface area contributed by atoms with Crippen molar-refractivity contribution in [3.05, 3.63) is 71.2 Å². The zero-order valence-electron chi connectivity index (χ0n) is 11.8. The van der Waals surface area contributed by atoms with Crippen LogP contribution in [0.1, 0.15) is 0 Å². The summed E-state index contributed by atoms with van der Waals surface area (Å²) in [5.41, 5.74) is 0.909. The third-order valence-electron chi connectivity index (χ3n) is 2.74. The second kappa shape index (κ2) is 7.02. The Morgan fingerprint density at radius 1 is 1.26 bits per heavy atom. The predicted octanol–water partition coefficient (Wildman–Crippen LogP) is 6.06. The number of anilines is 1. The van der Waals surface area contributed by atoms with Crippen molar-refractivity contribution < 1.29 is 13.2 Å². The lowest BCUT2D eigenvalue weighted by atomic mass is 10.2. The molecule has 0 saturated heterocycles. The summed E-state index contributed by atoms with van der Waals surface area (Å²) >= 11 is 7.24. The molecule has 0 unspecified atom stereocenters. The molecular weight excluding hydrogens is 345 g/mol. The predicted molar refractivity (Wildman–Crippen MR) is 89.7 cm³/mol. The quantitative estimate of drug-likeness (QED) is 0.658. The fraction of sp³-hybridized carbons (Fsp3) is 0.0625. The molecule has 1 aromatic carbocycles. The number of benzene rings is 1. The van der Waals surface area contributed by atoms with Gasteiger partial charge in [-0.2, -0.15) is 13.2 Å². The van der Waals surface area contributed by atoms with Gasteiger partial charge in [-0.05, 0) is 24.3 Å². The Labute approximate surface area is 140 Å². The minimum atomic E-state index is -4.45. The van der Waals surface area contributed by atoms with Crippen molar-refractivity contribution in [2.75, 3.05) is 5.32 Å². The molecular formula is C16H12ClF3N2S. The van der Waals surface area contributed by atoms with Gasteiger partial charge in [0.25, 0.3) is 0 Å². The molecule has 0 bridgehead atoms. The third kappa shape index (κ3) is 4.97. The number of halogens is 4. The van der Waals surface area contributed by atoms with E-state index < -0.39 is 11.7 Å². The van der Waals surface area contributed by atoms with Crippen LogP contribution >= 0.6 is 22.9 Å². The van der Waals surface area contributed by atoms with Gasteiger partial charge in [0, 0.05) is 27.2 Å². The number of nitrogens with zero attached hydrogens (tertiary/aromatic N) is 1. The first kappa shape index (κ1) is 17.3. The number of allylic oxidation sites excluding steroid dienone is 3. The summed E-state index contributed by atoms with van der Waals surface area (Å²) in [5.74, 6) is 0. The number of rotatable bonds is 5. The van der Waals surface area contributed by atoms with E-state index in [4.69, 9.17) is 11.6 Å². The number of hydrogen-bond acceptors (Lipinski definition) is 3. The Hall–Kier alpha value is -2.05. The van der Waals surface area contributed by atoms with Gasteiger partial charge >= 0.3 is 6.18 Å². The Balaban J connectivity index is 2.03. The van der Waals surface area contributed by atoms with Crippen LogP contribution in [0.4, 0.5) is 18.3 Å². The normalized spacial score (nSPS) is 11.7. The SMILES string of the molecule is C=C(/C=C\C(=C)C(F)(F)F)Nc1nc(-c2cccc(Cl)c2)cs1. The maximum absolute atomic E-state index is 12.3. The Kier molecular flexibility index (Phi) is 5.28. The molecule has 1 N–H and O–H groups in total. The molecule has 2 rings (SSSR count). The summed E-state index contributed by atoms with van der Waals surface area (Å²) in [6.45, 7) is 6.59. The summed E-state index contributed by atoms with van der Waals surface area (Å²) in [7, 11) is 0. The molecule has 0 atom stereocenters. The maximum Gasteiger partial charge on any atom is 0.415 e. The van der Waals surface area contributed by atoms with Crippen LogP contribution in [-0.4, -0.2) is 11.2 Å². The summed E-state index contributed by atoms with van der Waals surface area (Å²) < 4.78 is 37.0. The second-order valence-electron chi connectivity index (χ2n) is 4.55. The standard InChI is InChI=1S/C16H12ClF3N2S/c1-10(16(18,19)20)6-7-11(2)21-15-22-14(9-23-15)12-4-3-5-13(17)8-12/h3-9H,1-2H2,(H,21,22)/b7-6-. The van der Waals surface area contributed by atoms with Crippen LogP contribution in [0.3, 0.4) is 0 Å². The van der Waals surface area contributed by atoms with E-state index >= 15 is 0 Å². The lowest BCUT2D eigenvalue weighted by Crippen LogP contribution is -2.08. The largest absolute Gasteiger partial charge is 0.415 e. The van der Waals surface area contributed by atoms with Crippen molar-refractivity contribution in [2.24, 2.45) is 0 Å². The number of hydrogen-bond donors (Lipinski definition) is 1. The number of thiazole rings is 1. The van der Waals surface area contributed by atoms with Crippen LogP contribution in [0.2, 0.25) is 5.02 Å². The topological polar surface area (TPSA) is 24.9 Å². The van der Waals surface area contributed by atoms with Crippen LogP contribution in [0, 0.1) is 0 Å². The molecule has 0 aliphatic rings. The average Bonchev–Trinajstić information content (AvgIpc) is 2.92. The zero-order valence-corrected chi connectivity index (χ0v) is 13.4. The van der Waals surface area contributed by atoms with Crippen LogP contribution < -0.4 is 5.32 Å². The van der Waals surface area contributed by atoms with Crippen molar-refractivity contribution in [1.29, 1.82) is 0 Å². The molecule has 23 heavy (non-hydrogen) atoms.